The van der Waals surface area contributed by atoms with Crippen molar-refractivity contribution >= 4 is 17.3 Å². The van der Waals surface area contributed by atoms with Crippen molar-refractivity contribution in [1.29, 1.82) is 5.26 Å². The first kappa shape index (κ1) is 22.0. The summed E-state index contributed by atoms with van der Waals surface area (Å²) in [5.74, 6) is 0.499. The van der Waals surface area contributed by atoms with Crippen molar-refractivity contribution in [3.63, 3.8) is 0 Å². The Morgan fingerprint density at radius 1 is 1.31 bits per heavy atom. The third-order valence-corrected chi connectivity index (χ3v) is 8.06. The largest absolute Gasteiger partial charge is 0.472 e. The van der Waals surface area contributed by atoms with Crippen molar-refractivity contribution in [2.45, 2.75) is 52.2 Å². The molecular weight excluding hydrogens is 468 g/mol. The molecule has 7 rings (SSSR count). The second kappa shape index (κ2) is 7.78. The van der Waals surface area contributed by atoms with E-state index in [4.69, 9.17) is 21.4 Å². The molecule has 3 aliphatic carbocycles. The van der Waals surface area contributed by atoms with Gasteiger partial charge in [-0.15, -0.1) is 0 Å². The first-order chi connectivity index (χ1) is 16.8. The lowest BCUT2D eigenvalue weighted by molar-refractivity contribution is -0.174. The highest BCUT2D eigenvalue weighted by Gasteiger charge is 2.68. The summed E-state index contributed by atoms with van der Waals surface area (Å²) in [6.45, 7) is 6.18. The van der Waals surface area contributed by atoms with Crippen LogP contribution in [0.15, 0.2) is 23.4 Å². The fourth-order valence-corrected chi connectivity index (χ4v) is 6.38. The zero-order chi connectivity index (χ0) is 24.4. The van der Waals surface area contributed by atoms with Crippen LogP contribution < -0.4 is 15.2 Å². The summed E-state index contributed by atoms with van der Waals surface area (Å²) in [6.07, 6.45) is 6.68. The molecule has 3 saturated carbocycles. The van der Waals surface area contributed by atoms with E-state index in [0.717, 1.165) is 54.9 Å². The lowest BCUT2D eigenvalue weighted by Crippen LogP contribution is -2.62. The topological polar surface area (TPSA) is 126 Å². The van der Waals surface area contributed by atoms with Gasteiger partial charge in [0.25, 0.3) is 5.56 Å². The van der Waals surface area contributed by atoms with Crippen molar-refractivity contribution in [1.82, 2.24) is 29.9 Å². The summed E-state index contributed by atoms with van der Waals surface area (Å²) in [6, 6.07) is 4.33. The molecule has 35 heavy (non-hydrogen) atoms. The van der Waals surface area contributed by atoms with E-state index in [1.807, 2.05) is 17.9 Å². The summed E-state index contributed by atoms with van der Waals surface area (Å²) in [4.78, 5) is 22.6. The average Bonchev–Trinajstić information content (AvgIpc) is 3.35. The normalized spacial score (nSPS) is 26.7. The number of H-pyrrole nitrogens is 1. The number of nitrogens with zero attached hydrogens (tertiary/aromatic N) is 7. The molecule has 4 aliphatic rings. The van der Waals surface area contributed by atoms with Gasteiger partial charge in [0, 0.05) is 36.8 Å². The number of nitriles is 1. The van der Waals surface area contributed by atoms with Crippen LogP contribution in [-0.4, -0.2) is 49.1 Å². The van der Waals surface area contributed by atoms with Crippen LogP contribution in [0.5, 0.6) is 5.88 Å². The molecule has 1 atom stereocenters. The molecule has 10 nitrogen and oxygen atoms in total. The number of halogens is 1. The smallest absolute Gasteiger partial charge is 0.285 e. The van der Waals surface area contributed by atoms with Gasteiger partial charge in [-0.1, -0.05) is 11.6 Å². The number of ether oxygens (including phenoxy) is 1. The molecule has 1 saturated heterocycles. The van der Waals surface area contributed by atoms with E-state index in [1.54, 1.807) is 6.20 Å². The van der Waals surface area contributed by atoms with Gasteiger partial charge < -0.3 is 9.64 Å². The first-order valence-electron chi connectivity index (χ1n) is 11.7. The molecule has 0 spiro atoms. The van der Waals surface area contributed by atoms with Gasteiger partial charge >= 0.3 is 0 Å². The van der Waals surface area contributed by atoms with Gasteiger partial charge in [0.2, 0.25) is 5.88 Å². The van der Waals surface area contributed by atoms with Crippen LogP contribution in [0.3, 0.4) is 0 Å². The molecule has 0 unspecified atom stereocenters. The first-order valence-corrected chi connectivity index (χ1v) is 12.1. The number of hydrogen-bond donors (Lipinski definition) is 1. The fourth-order valence-electron chi connectivity index (χ4n) is 6.17. The Bertz CT molecular complexity index is 1400. The number of aryl methyl sites for hydroxylation is 1. The molecule has 0 amide bonds. The summed E-state index contributed by atoms with van der Waals surface area (Å²) in [5.41, 5.74) is 4.11. The van der Waals surface area contributed by atoms with E-state index >= 15 is 0 Å². The predicted molar refractivity (Wildman–Crippen MR) is 128 cm³/mol. The molecule has 11 heteroatoms. The highest BCUT2D eigenvalue weighted by molar-refractivity contribution is 6.33. The third kappa shape index (κ3) is 3.57. The number of nitrogens with one attached hydrogen (secondary N) is 1. The second-order valence-corrected chi connectivity index (χ2v) is 10.6. The summed E-state index contributed by atoms with van der Waals surface area (Å²) < 4.78 is 8.25. The maximum Gasteiger partial charge on any atom is 0.285 e. The van der Waals surface area contributed by atoms with E-state index in [-0.39, 0.29) is 22.0 Å². The van der Waals surface area contributed by atoms with Gasteiger partial charge in [0.15, 0.2) is 0 Å². The molecule has 2 bridgehead atoms. The zero-order valence-electron chi connectivity index (χ0n) is 19.6. The van der Waals surface area contributed by atoms with Gasteiger partial charge in [0.05, 0.1) is 41.3 Å². The average molecular weight is 493 g/mol. The third-order valence-electron chi connectivity index (χ3n) is 7.69. The Hall–Kier alpha value is -3.45. The van der Waals surface area contributed by atoms with Crippen LogP contribution in [-0.2, 0) is 6.54 Å². The van der Waals surface area contributed by atoms with Crippen LogP contribution >= 0.6 is 11.6 Å². The quantitative estimate of drug-likeness (QED) is 0.556. The van der Waals surface area contributed by atoms with Crippen LogP contribution in [0, 0.1) is 36.0 Å². The van der Waals surface area contributed by atoms with Crippen molar-refractivity contribution in [3.8, 4) is 23.2 Å². The maximum atomic E-state index is 11.8. The van der Waals surface area contributed by atoms with Crippen LogP contribution in [0.4, 0.5) is 5.69 Å². The number of anilines is 1. The van der Waals surface area contributed by atoms with Crippen molar-refractivity contribution in [3.05, 3.63) is 45.4 Å². The van der Waals surface area contributed by atoms with Crippen molar-refractivity contribution in [2.75, 3.05) is 18.0 Å². The number of aromatic amines is 1. The van der Waals surface area contributed by atoms with Gasteiger partial charge in [-0.3, -0.25) is 9.48 Å². The molecule has 1 N–H and O–H groups in total. The molecule has 0 radical (unpaired) electrons. The van der Waals surface area contributed by atoms with Gasteiger partial charge in [-0.2, -0.15) is 15.5 Å². The Morgan fingerprint density at radius 2 is 2.11 bits per heavy atom. The minimum absolute atomic E-state index is 0.0638. The molecular formula is C24H25ClN8O2. The lowest BCUT2D eigenvalue weighted by atomic mass is 9.36. The monoisotopic (exact) mass is 492 g/mol. The summed E-state index contributed by atoms with van der Waals surface area (Å²) in [5, 5.41) is 20.4. The summed E-state index contributed by atoms with van der Waals surface area (Å²) in [7, 11) is 0. The van der Waals surface area contributed by atoms with Gasteiger partial charge in [-0.25, -0.2) is 15.1 Å². The van der Waals surface area contributed by atoms with Gasteiger partial charge in [0.1, 0.15) is 17.5 Å². The minimum Gasteiger partial charge on any atom is -0.472 e. The van der Waals surface area contributed by atoms with Crippen LogP contribution in [0.2, 0.25) is 5.02 Å². The zero-order valence-corrected chi connectivity index (χ0v) is 20.3. The van der Waals surface area contributed by atoms with Crippen LogP contribution in [0.1, 0.15) is 37.1 Å². The second-order valence-electron chi connectivity index (χ2n) is 10.2. The molecule has 4 fully saturated rings. The molecule has 180 valence electrons. The van der Waals surface area contributed by atoms with E-state index < -0.39 is 5.56 Å². The van der Waals surface area contributed by atoms with Gasteiger partial charge in [-0.05, 0) is 38.5 Å². The SMILES string of the molecule is Cc1nn(CC23CC(C#N)(C2)C3)c(C)c1-c1cc(O[C@@H]2CCN(c3cn[nH]c(=O)c3Cl)C2)ncn1. The molecule has 3 aromatic heterocycles. The molecule has 3 aromatic rings. The molecule has 1 aliphatic heterocycles. The molecule has 4 heterocycles. The van der Waals surface area contributed by atoms with E-state index in [1.165, 1.54) is 6.33 Å². The number of hydrogen-bond acceptors (Lipinski definition) is 8. The van der Waals surface area contributed by atoms with E-state index in [9.17, 15) is 10.1 Å². The Morgan fingerprint density at radius 3 is 2.89 bits per heavy atom. The predicted octanol–water partition coefficient (Wildman–Crippen LogP) is 3.05. The highest BCUT2D eigenvalue weighted by atomic mass is 35.5. The Labute approximate surface area is 206 Å². The van der Waals surface area contributed by atoms with Crippen molar-refractivity contribution < 1.29 is 4.74 Å². The maximum absolute atomic E-state index is 11.8. The molecule has 0 aromatic carbocycles. The Balaban J connectivity index is 1.17. The minimum atomic E-state index is -0.404. The fraction of sp³-hybridized carbons (Fsp3) is 0.500. The standard InChI is InChI=1S/C24H25ClN8O2/c1-14-20(15(2)33(31-14)12-24-8-23(9-24,10-24)11-26)17-5-19(28-13-27-17)35-16-3-4-32(7-16)18-6-29-30-22(34)21(18)25/h5-6,13,16H,3-4,7-10,12H2,1-2H3,(H,30,34)/t16-,23?,24?/m1/s1. The number of aromatic nitrogens is 6. The van der Waals surface area contributed by atoms with Crippen LogP contribution in [0.25, 0.3) is 11.3 Å². The van der Waals surface area contributed by atoms with Crippen molar-refractivity contribution in [2.24, 2.45) is 10.8 Å². The van der Waals surface area contributed by atoms with E-state index in [2.05, 4.69) is 37.8 Å². The Kier molecular flexibility index (Phi) is 4.90. The van der Waals surface area contributed by atoms with E-state index in [0.29, 0.717) is 24.7 Å². The highest BCUT2D eigenvalue weighted by Crippen LogP contribution is 2.73. The number of rotatable bonds is 6. The summed E-state index contributed by atoms with van der Waals surface area (Å²) >= 11 is 6.16. The lowest BCUT2D eigenvalue weighted by Gasteiger charge is -2.67.